The molecule has 0 saturated heterocycles. The molecule has 0 aliphatic heterocycles. The minimum absolute atomic E-state index is 0.399. The van der Waals surface area contributed by atoms with Gasteiger partial charge in [-0.05, 0) is 39.7 Å². The first-order chi connectivity index (χ1) is 8.61. The second-order valence-corrected chi connectivity index (χ2v) is 6.50. The summed E-state index contributed by atoms with van der Waals surface area (Å²) < 4.78 is 0. The summed E-state index contributed by atoms with van der Waals surface area (Å²) in [5, 5.41) is 4.48. The van der Waals surface area contributed by atoms with E-state index in [0.29, 0.717) is 6.04 Å². The molecule has 3 nitrogen and oxygen atoms in total. The van der Waals surface area contributed by atoms with Gasteiger partial charge in [0, 0.05) is 24.5 Å². The molecular formula is C14H25N3S. The molecule has 0 aromatic carbocycles. The van der Waals surface area contributed by atoms with Crippen molar-refractivity contribution in [2.24, 2.45) is 5.92 Å². The summed E-state index contributed by atoms with van der Waals surface area (Å²) >= 11 is 1.84. The highest BCUT2D eigenvalue weighted by molar-refractivity contribution is 7.15. The zero-order chi connectivity index (χ0) is 13.1. The normalized spacial score (nSPS) is 18.2. The van der Waals surface area contributed by atoms with Crippen LogP contribution in [-0.2, 0) is 0 Å². The molecule has 1 aromatic rings. The summed E-state index contributed by atoms with van der Waals surface area (Å²) in [4.78, 5) is 8.44. The summed E-state index contributed by atoms with van der Waals surface area (Å²) in [7, 11) is 4.19. The average Bonchev–Trinajstić information content (AvgIpc) is 2.97. The number of hydrogen-bond donors (Lipinski definition) is 1. The van der Waals surface area contributed by atoms with E-state index in [4.69, 9.17) is 4.98 Å². The lowest BCUT2D eigenvalue weighted by Gasteiger charge is -2.20. The van der Waals surface area contributed by atoms with Crippen LogP contribution in [0.4, 0.5) is 5.13 Å². The van der Waals surface area contributed by atoms with Crippen molar-refractivity contribution in [3.63, 3.8) is 0 Å². The summed E-state index contributed by atoms with van der Waals surface area (Å²) in [5.41, 5.74) is 1.18. The molecular weight excluding hydrogens is 242 g/mol. The number of nitrogens with zero attached hydrogens (tertiary/aromatic N) is 2. The molecule has 1 atom stereocenters. The van der Waals surface area contributed by atoms with Crippen molar-refractivity contribution in [1.29, 1.82) is 0 Å². The fourth-order valence-corrected chi connectivity index (χ4v) is 3.85. The van der Waals surface area contributed by atoms with Gasteiger partial charge in [-0.15, -0.1) is 11.3 Å². The van der Waals surface area contributed by atoms with E-state index in [9.17, 15) is 0 Å². The van der Waals surface area contributed by atoms with E-state index in [1.165, 1.54) is 47.9 Å². The van der Waals surface area contributed by atoms with Gasteiger partial charge in [0.1, 0.15) is 0 Å². The molecule has 1 aliphatic rings. The highest BCUT2D eigenvalue weighted by Crippen LogP contribution is 2.32. The van der Waals surface area contributed by atoms with Gasteiger partial charge in [0.25, 0.3) is 0 Å². The minimum atomic E-state index is 0.399. The van der Waals surface area contributed by atoms with Gasteiger partial charge in [-0.3, -0.25) is 0 Å². The van der Waals surface area contributed by atoms with Gasteiger partial charge in [0.15, 0.2) is 5.13 Å². The number of aromatic nitrogens is 1. The fraction of sp³-hybridized carbons (Fsp3) is 0.786. The third-order valence-corrected chi connectivity index (χ3v) is 5.44. The molecule has 1 aliphatic carbocycles. The largest absolute Gasteiger partial charge is 0.351 e. The number of thiazole rings is 1. The predicted molar refractivity (Wildman–Crippen MR) is 79.6 cm³/mol. The van der Waals surface area contributed by atoms with E-state index in [-0.39, 0.29) is 0 Å². The van der Waals surface area contributed by atoms with Gasteiger partial charge >= 0.3 is 0 Å². The van der Waals surface area contributed by atoms with Crippen LogP contribution in [0.1, 0.15) is 49.2 Å². The Morgan fingerprint density at radius 2 is 2.11 bits per heavy atom. The topological polar surface area (TPSA) is 28.2 Å². The van der Waals surface area contributed by atoms with Crippen molar-refractivity contribution in [3.8, 4) is 0 Å². The second kappa shape index (κ2) is 6.02. The van der Waals surface area contributed by atoms with E-state index < -0.39 is 0 Å². The number of nitrogens with one attached hydrogen (secondary N) is 1. The lowest BCUT2D eigenvalue weighted by Crippen LogP contribution is -2.23. The van der Waals surface area contributed by atoms with E-state index in [2.05, 4.69) is 31.1 Å². The van der Waals surface area contributed by atoms with Gasteiger partial charge in [-0.25, -0.2) is 4.98 Å². The number of anilines is 1. The van der Waals surface area contributed by atoms with Gasteiger partial charge in [0.2, 0.25) is 0 Å². The van der Waals surface area contributed by atoms with Gasteiger partial charge in [0.05, 0.1) is 5.69 Å². The number of rotatable bonds is 5. The molecule has 0 bridgehead atoms. The number of hydrogen-bond acceptors (Lipinski definition) is 4. The maximum atomic E-state index is 4.73. The zero-order valence-corrected chi connectivity index (χ0v) is 12.8. The third kappa shape index (κ3) is 3.04. The first-order valence-electron chi connectivity index (χ1n) is 6.97. The van der Waals surface area contributed by atoms with Crippen LogP contribution in [0.15, 0.2) is 0 Å². The molecule has 0 amide bonds. The molecule has 102 valence electrons. The lowest BCUT2D eigenvalue weighted by molar-refractivity contribution is 0.546. The smallest absolute Gasteiger partial charge is 0.185 e. The Hall–Kier alpha value is -0.610. The third-order valence-electron chi connectivity index (χ3n) is 3.98. The summed E-state index contributed by atoms with van der Waals surface area (Å²) in [5.74, 6) is 0.879. The highest BCUT2D eigenvalue weighted by atomic mass is 32.1. The van der Waals surface area contributed by atoms with E-state index in [1.54, 1.807) is 0 Å². The standard InChI is InChI=1S/C14H25N3S/c1-10(15-3)13-11(2)16-14(18-13)17(4)9-12-7-5-6-8-12/h10,12,15H,5-9H2,1-4H3. The molecule has 1 N–H and O–H groups in total. The quantitative estimate of drug-likeness (QED) is 0.886. The van der Waals surface area contributed by atoms with Crippen molar-refractivity contribution in [2.75, 3.05) is 25.5 Å². The van der Waals surface area contributed by atoms with Crippen molar-refractivity contribution in [2.45, 2.75) is 45.6 Å². The van der Waals surface area contributed by atoms with Crippen molar-refractivity contribution < 1.29 is 0 Å². The zero-order valence-electron chi connectivity index (χ0n) is 12.0. The summed E-state index contributed by atoms with van der Waals surface area (Å²) in [6, 6.07) is 0.399. The molecule has 0 spiro atoms. The Kier molecular flexibility index (Phi) is 4.62. The van der Waals surface area contributed by atoms with E-state index in [1.807, 2.05) is 18.4 Å². The van der Waals surface area contributed by atoms with Crippen LogP contribution in [0.2, 0.25) is 0 Å². The number of aryl methyl sites for hydroxylation is 1. The van der Waals surface area contributed by atoms with E-state index in [0.717, 1.165) is 5.92 Å². The van der Waals surface area contributed by atoms with Gasteiger partial charge in [-0.2, -0.15) is 0 Å². The van der Waals surface area contributed by atoms with E-state index >= 15 is 0 Å². The first-order valence-corrected chi connectivity index (χ1v) is 7.79. The Morgan fingerprint density at radius 1 is 1.44 bits per heavy atom. The van der Waals surface area contributed by atoms with Crippen LogP contribution >= 0.6 is 11.3 Å². The van der Waals surface area contributed by atoms with Crippen LogP contribution in [0.25, 0.3) is 0 Å². The van der Waals surface area contributed by atoms with Gasteiger partial charge < -0.3 is 10.2 Å². The molecule has 1 unspecified atom stereocenters. The van der Waals surface area contributed by atoms with Crippen LogP contribution < -0.4 is 10.2 Å². The van der Waals surface area contributed by atoms with Gasteiger partial charge in [-0.1, -0.05) is 12.8 Å². The van der Waals surface area contributed by atoms with Crippen molar-refractivity contribution >= 4 is 16.5 Å². The Balaban J connectivity index is 2.03. The molecule has 1 saturated carbocycles. The Morgan fingerprint density at radius 3 is 2.72 bits per heavy atom. The minimum Gasteiger partial charge on any atom is -0.351 e. The lowest BCUT2D eigenvalue weighted by atomic mass is 10.1. The molecule has 1 heterocycles. The maximum Gasteiger partial charge on any atom is 0.185 e. The molecule has 1 fully saturated rings. The Labute approximate surface area is 115 Å². The first kappa shape index (κ1) is 13.8. The molecule has 4 heteroatoms. The summed E-state index contributed by atoms with van der Waals surface area (Å²) in [6.07, 6.45) is 5.62. The second-order valence-electron chi connectivity index (χ2n) is 5.49. The SMILES string of the molecule is CNC(C)c1sc(N(C)CC2CCCC2)nc1C. The fourth-order valence-electron chi connectivity index (χ4n) is 2.75. The van der Waals surface area contributed by atoms with Crippen LogP contribution in [-0.4, -0.2) is 25.6 Å². The Bertz CT molecular complexity index is 382. The van der Waals surface area contributed by atoms with Crippen LogP contribution in [0.5, 0.6) is 0 Å². The molecule has 18 heavy (non-hydrogen) atoms. The molecule has 1 aromatic heterocycles. The van der Waals surface area contributed by atoms with Crippen LogP contribution in [0, 0.1) is 12.8 Å². The molecule has 2 rings (SSSR count). The molecule has 0 radical (unpaired) electrons. The van der Waals surface area contributed by atoms with Crippen molar-refractivity contribution in [3.05, 3.63) is 10.6 Å². The summed E-state index contributed by atoms with van der Waals surface area (Å²) in [6.45, 7) is 5.48. The monoisotopic (exact) mass is 267 g/mol. The predicted octanol–water partition coefficient (Wildman–Crippen LogP) is 3.36. The van der Waals surface area contributed by atoms with Crippen LogP contribution in [0.3, 0.4) is 0 Å². The highest BCUT2D eigenvalue weighted by Gasteiger charge is 2.20. The van der Waals surface area contributed by atoms with Crippen molar-refractivity contribution in [1.82, 2.24) is 10.3 Å². The average molecular weight is 267 g/mol. The maximum absolute atomic E-state index is 4.73.